The molecule has 0 saturated carbocycles. The molecule has 0 bridgehead atoms. The Morgan fingerprint density at radius 1 is 0.893 bits per heavy atom. The van der Waals surface area contributed by atoms with E-state index in [0.29, 0.717) is 32.1 Å². The van der Waals surface area contributed by atoms with Crippen molar-refractivity contribution in [1.82, 2.24) is 4.90 Å². The molecule has 144 valence electrons. The molecule has 2 heterocycles. The molecule has 0 unspecified atom stereocenters. The van der Waals surface area contributed by atoms with E-state index in [4.69, 9.17) is 13.9 Å². The SMILES string of the molecule is O=C(c1ccco1)N(CCCc1ccccc1)Cc1ccc2c(c1)OCCO2. The maximum Gasteiger partial charge on any atom is 0.289 e. The van der Waals surface area contributed by atoms with Crippen LogP contribution in [0, 0.1) is 0 Å². The molecule has 1 aliphatic rings. The largest absolute Gasteiger partial charge is 0.486 e. The van der Waals surface area contributed by atoms with Crippen molar-refractivity contribution < 1.29 is 18.7 Å². The van der Waals surface area contributed by atoms with Gasteiger partial charge in [-0.15, -0.1) is 0 Å². The van der Waals surface area contributed by atoms with Crippen LogP contribution in [0.1, 0.15) is 28.1 Å². The maximum absolute atomic E-state index is 12.9. The van der Waals surface area contributed by atoms with Crippen molar-refractivity contribution in [3.05, 3.63) is 83.8 Å². The third kappa shape index (κ3) is 4.36. The quantitative estimate of drug-likeness (QED) is 0.615. The fraction of sp³-hybridized carbons (Fsp3) is 0.261. The molecule has 28 heavy (non-hydrogen) atoms. The second-order valence-corrected chi connectivity index (χ2v) is 6.77. The fourth-order valence-electron chi connectivity index (χ4n) is 3.33. The van der Waals surface area contributed by atoms with E-state index in [1.807, 2.05) is 41.3 Å². The Labute approximate surface area is 164 Å². The van der Waals surface area contributed by atoms with E-state index in [1.54, 1.807) is 12.1 Å². The van der Waals surface area contributed by atoms with Gasteiger partial charge >= 0.3 is 0 Å². The highest BCUT2D eigenvalue weighted by atomic mass is 16.6. The number of carbonyl (C=O) groups excluding carboxylic acids is 1. The highest BCUT2D eigenvalue weighted by molar-refractivity contribution is 5.91. The van der Waals surface area contributed by atoms with Gasteiger partial charge in [-0.3, -0.25) is 4.79 Å². The lowest BCUT2D eigenvalue weighted by Gasteiger charge is -2.24. The van der Waals surface area contributed by atoms with E-state index in [9.17, 15) is 4.79 Å². The number of rotatable bonds is 7. The summed E-state index contributed by atoms with van der Waals surface area (Å²) >= 11 is 0. The molecule has 4 rings (SSSR count). The standard InChI is InChI=1S/C23H23NO4/c25-23(21-9-5-13-26-21)24(12-4-8-18-6-2-1-3-7-18)17-19-10-11-20-22(16-19)28-15-14-27-20/h1-3,5-7,9-11,13,16H,4,8,12,14-15,17H2. The number of ether oxygens (including phenoxy) is 2. The van der Waals surface area contributed by atoms with Crippen molar-refractivity contribution in [2.24, 2.45) is 0 Å². The number of nitrogens with zero attached hydrogens (tertiary/aromatic N) is 1. The Morgan fingerprint density at radius 3 is 2.50 bits per heavy atom. The third-order valence-corrected chi connectivity index (χ3v) is 4.74. The number of amides is 1. The van der Waals surface area contributed by atoms with E-state index < -0.39 is 0 Å². The monoisotopic (exact) mass is 377 g/mol. The van der Waals surface area contributed by atoms with Crippen molar-refractivity contribution in [3.8, 4) is 11.5 Å². The molecule has 0 N–H and O–H groups in total. The van der Waals surface area contributed by atoms with Gasteiger partial charge in [-0.2, -0.15) is 0 Å². The van der Waals surface area contributed by atoms with E-state index >= 15 is 0 Å². The lowest BCUT2D eigenvalue weighted by molar-refractivity contribution is 0.0708. The lowest BCUT2D eigenvalue weighted by atomic mass is 10.1. The predicted molar refractivity (Wildman–Crippen MR) is 106 cm³/mol. The lowest BCUT2D eigenvalue weighted by Crippen LogP contribution is -2.31. The summed E-state index contributed by atoms with van der Waals surface area (Å²) in [4.78, 5) is 14.7. The number of furan rings is 1. The molecule has 2 aromatic carbocycles. The first-order valence-electron chi connectivity index (χ1n) is 9.55. The average molecular weight is 377 g/mol. The summed E-state index contributed by atoms with van der Waals surface area (Å²) < 4.78 is 16.6. The smallest absolute Gasteiger partial charge is 0.289 e. The summed E-state index contributed by atoms with van der Waals surface area (Å²) in [6.45, 7) is 2.24. The number of fused-ring (bicyclic) bond motifs is 1. The van der Waals surface area contributed by atoms with Crippen LogP contribution in [0.15, 0.2) is 71.3 Å². The number of aryl methyl sites for hydroxylation is 1. The Kier molecular flexibility index (Phi) is 5.61. The van der Waals surface area contributed by atoms with Crippen molar-refractivity contribution in [1.29, 1.82) is 0 Å². The molecule has 1 aromatic heterocycles. The van der Waals surface area contributed by atoms with Gasteiger partial charge in [0.25, 0.3) is 5.91 Å². The summed E-state index contributed by atoms with van der Waals surface area (Å²) in [6, 6.07) is 19.6. The van der Waals surface area contributed by atoms with Crippen LogP contribution >= 0.6 is 0 Å². The van der Waals surface area contributed by atoms with Gasteiger partial charge in [-0.1, -0.05) is 36.4 Å². The van der Waals surface area contributed by atoms with E-state index in [2.05, 4.69) is 12.1 Å². The van der Waals surface area contributed by atoms with Crippen LogP contribution in [-0.2, 0) is 13.0 Å². The highest BCUT2D eigenvalue weighted by Crippen LogP contribution is 2.31. The molecule has 0 saturated heterocycles. The normalized spacial score (nSPS) is 12.6. The minimum absolute atomic E-state index is 0.104. The Hall–Kier alpha value is -3.21. The average Bonchev–Trinajstić information content (AvgIpc) is 3.28. The summed E-state index contributed by atoms with van der Waals surface area (Å²) in [5, 5.41) is 0. The van der Waals surface area contributed by atoms with Crippen LogP contribution in [0.5, 0.6) is 11.5 Å². The van der Waals surface area contributed by atoms with E-state index in [0.717, 1.165) is 29.9 Å². The highest BCUT2D eigenvalue weighted by Gasteiger charge is 2.20. The predicted octanol–water partition coefficient (Wildman–Crippen LogP) is 4.33. The van der Waals surface area contributed by atoms with Crippen LogP contribution in [-0.4, -0.2) is 30.6 Å². The summed E-state index contributed by atoms with van der Waals surface area (Å²) in [5.74, 6) is 1.74. The summed E-state index contributed by atoms with van der Waals surface area (Å²) in [6.07, 6.45) is 3.32. The van der Waals surface area contributed by atoms with E-state index in [1.165, 1.54) is 11.8 Å². The van der Waals surface area contributed by atoms with Gasteiger partial charge in [0.2, 0.25) is 0 Å². The second-order valence-electron chi connectivity index (χ2n) is 6.77. The first-order chi connectivity index (χ1) is 13.8. The zero-order valence-electron chi connectivity index (χ0n) is 15.7. The molecule has 0 aliphatic carbocycles. The van der Waals surface area contributed by atoms with Gasteiger partial charge in [0.05, 0.1) is 6.26 Å². The van der Waals surface area contributed by atoms with Crippen LogP contribution in [0.3, 0.4) is 0 Å². The first kappa shape index (κ1) is 18.2. The molecular formula is C23H23NO4. The van der Waals surface area contributed by atoms with Gasteiger partial charge in [0.1, 0.15) is 13.2 Å². The van der Waals surface area contributed by atoms with Gasteiger partial charge in [-0.25, -0.2) is 0 Å². The van der Waals surface area contributed by atoms with Gasteiger partial charge < -0.3 is 18.8 Å². The molecule has 1 amide bonds. The number of hydrogen-bond acceptors (Lipinski definition) is 4. The Morgan fingerprint density at radius 2 is 1.71 bits per heavy atom. The fourth-order valence-corrected chi connectivity index (χ4v) is 3.33. The second kappa shape index (κ2) is 8.65. The van der Waals surface area contributed by atoms with Gasteiger partial charge in [-0.05, 0) is 48.2 Å². The first-order valence-corrected chi connectivity index (χ1v) is 9.55. The minimum atomic E-state index is -0.104. The third-order valence-electron chi connectivity index (χ3n) is 4.74. The number of carbonyl (C=O) groups is 1. The molecule has 5 heteroatoms. The zero-order valence-corrected chi connectivity index (χ0v) is 15.7. The van der Waals surface area contributed by atoms with Crippen molar-refractivity contribution >= 4 is 5.91 Å². The topological polar surface area (TPSA) is 51.9 Å². The van der Waals surface area contributed by atoms with Crippen molar-refractivity contribution in [3.63, 3.8) is 0 Å². The summed E-state index contributed by atoms with van der Waals surface area (Å²) in [5.41, 5.74) is 2.27. The maximum atomic E-state index is 12.9. The molecule has 0 spiro atoms. The molecule has 0 fully saturated rings. The molecule has 5 nitrogen and oxygen atoms in total. The molecule has 0 radical (unpaired) electrons. The van der Waals surface area contributed by atoms with Crippen LogP contribution in [0.2, 0.25) is 0 Å². The number of benzene rings is 2. The zero-order chi connectivity index (χ0) is 19.2. The van der Waals surface area contributed by atoms with Crippen molar-refractivity contribution in [2.75, 3.05) is 19.8 Å². The summed E-state index contributed by atoms with van der Waals surface area (Å²) in [7, 11) is 0. The molecule has 3 aromatic rings. The van der Waals surface area contributed by atoms with Gasteiger partial charge in [0, 0.05) is 13.1 Å². The number of hydrogen-bond donors (Lipinski definition) is 0. The molecule has 0 atom stereocenters. The Balaban J connectivity index is 1.47. The minimum Gasteiger partial charge on any atom is -0.486 e. The van der Waals surface area contributed by atoms with Gasteiger partial charge in [0.15, 0.2) is 17.3 Å². The van der Waals surface area contributed by atoms with E-state index in [-0.39, 0.29) is 5.91 Å². The van der Waals surface area contributed by atoms with Crippen LogP contribution in [0.25, 0.3) is 0 Å². The van der Waals surface area contributed by atoms with Crippen LogP contribution < -0.4 is 9.47 Å². The molecule has 1 aliphatic heterocycles. The molecular weight excluding hydrogens is 354 g/mol. The van der Waals surface area contributed by atoms with Crippen LogP contribution in [0.4, 0.5) is 0 Å². The van der Waals surface area contributed by atoms with Crippen molar-refractivity contribution in [2.45, 2.75) is 19.4 Å². The Bertz CT molecular complexity index is 906.